The van der Waals surface area contributed by atoms with Gasteiger partial charge in [-0.05, 0) is 30.7 Å². The number of alkyl halides is 6. The lowest BCUT2D eigenvalue weighted by atomic mass is 10.0. The molecule has 0 radical (unpaired) electrons. The third-order valence-corrected chi connectivity index (χ3v) is 2.76. The van der Waals surface area contributed by atoms with Gasteiger partial charge in [0.2, 0.25) is 5.91 Å². The quantitative estimate of drug-likeness (QED) is 0.826. The molecule has 0 aliphatic carbocycles. The number of carbonyl (C=O) groups is 2. The van der Waals surface area contributed by atoms with E-state index in [1.54, 1.807) is 0 Å². The lowest BCUT2D eigenvalue weighted by molar-refractivity contribution is -0.143. The Hall–Kier alpha value is -2.26. The molecule has 1 amide bonds. The molecule has 1 atom stereocenters. The molecule has 128 valence electrons. The Morgan fingerprint density at radius 2 is 1.48 bits per heavy atom. The number of carbonyl (C=O) groups excluding carboxylic acids is 1. The van der Waals surface area contributed by atoms with E-state index in [0.29, 0.717) is 12.1 Å². The van der Waals surface area contributed by atoms with E-state index in [2.05, 4.69) is 0 Å². The number of nitrogens with one attached hydrogen (secondary N) is 1. The third-order valence-electron chi connectivity index (χ3n) is 2.76. The Morgan fingerprint density at radius 3 is 1.83 bits per heavy atom. The number of amides is 1. The van der Waals surface area contributed by atoms with E-state index >= 15 is 0 Å². The number of carboxylic acid groups (broad SMARTS) is 1. The van der Waals surface area contributed by atoms with Crippen LogP contribution < -0.4 is 5.32 Å². The van der Waals surface area contributed by atoms with Gasteiger partial charge >= 0.3 is 18.3 Å². The molecule has 0 aliphatic heterocycles. The van der Waals surface area contributed by atoms with E-state index in [1.807, 2.05) is 5.32 Å². The molecule has 2 N–H and O–H groups in total. The first kappa shape index (κ1) is 18.8. The molecule has 0 aromatic heterocycles. The molecular formula is C13H11F6NO3. The minimum absolute atomic E-state index is 0.0543. The Kier molecular flexibility index (Phi) is 5.28. The summed E-state index contributed by atoms with van der Waals surface area (Å²) in [5.41, 5.74) is -3.61. The fourth-order valence-electron chi connectivity index (χ4n) is 1.66. The second kappa shape index (κ2) is 6.47. The van der Waals surface area contributed by atoms with Crippen molar-refractivity contribution in [3.8, 4) is 0 Å². The summed E-state index contributed by atoms with van der Waals surface area (Å²) < 4.78 is 75.9. The third kappa shape index (κ3) is 5.46. The summed E-state index contributed by atoms with van der Waals surface area (Å²) in [6.45, 7) is 1.10. The van der Waals surface area contributed by atoms with Crippen molar-refractivity contribution in [3.63, 3.8) is 0 Å². The predicted molar refractivity (Wildman–Crippen MR) is 65.4 cm³/mol. The van der Waals surface area contributed by atoms with Gasteiger partial charge in [0.1, 0.15) is 6.04 Å². The van der Waals surface area contributed by atoms with E-state index in [9.17, 15) is 35.9 Å². The molecule has 1 aromatic carbocycles. The van der Waals surface area contributed by atoms with Gasteiger partial charge in [0.25, 0.3) is 0 Å². The first-order valence-corrected chi connectivity index (χ1v) is 6.11. The fraction of sp³-hybridized carbons (Fsp3) is 0.385. The molecular weight excluding hydrogens is 332 g/mol. The number of hydrogen-bond acceptors (Lipinski definition) is 2. The number of hydrogen-bond donors (Lipinski definition) is 2. The van der Waals surface area contributed by atoms with Crippen molar-refractivity contribution in [2.45, 2.75) is 31.7 Å². The number of rotatable bonds is 4. The van der Waals surface area contributed by atoms with Crippen molar-refractivity contribution >= 4 is 11.9 Å². The first-order chi connectivity index (χ1) is 10.3. The van der Waals surface area contributed by atoms with Gasteiger partial charge < -0.3 is 10.4 Å². The van der Waals surface area contributed by atoms with Crippen molar-refractivity contribution in [3.05, 3.63) is 34.9 Å². The fourth-order valence-corrected chi connectivity index (χ4v) is 1.66. The summed E-state index contributed by atoms with van der Waals surface area (Å²) in [7, 11) is 0. The van der Waals surface area contributed by atoms with Crippen molar-refractivity contribution in [1.29, 1.82) is 0 Å². The van der Waals surface area contributed by atoms with Crippen LogP contribution in [0.25, 0.3) is 0 Å². The van der Waals surface area contributed by atoms with E-state index < -0.39 is 53.4 Å². The molecule has 0 bridgehead atoms. The standard InChI is InChI=1S/C13H11F6NO3/c1-6(11(22)23)20-10(21)4-7-2-8(12(14,15)16)5-9(3-7)13(17,18)19/h2-3,5-6H,4H2,1H3,(H,20,21)(H,22,23)/t6-/m1/s1. The Bertz CT molecular complexity index is 576. The van der Waals surface area contributed by atoms with Gasteiger partial charge in [-0.3, -0.25) is 9.59 Å². The van der Waals surface area contributed by atoms with E-state index in [0.717, 1.165) is 6.92 Å². The molecule has 23 heavy (non-hydrogen) atoms. The maximum Gasteiger partial charge on any atom is 0.416 e. The molecule has 0 saturated heterocycles. The van der Waals surface area contributed by atoms with Gasteiger partial charge in [0, 0.05) is 0 Å². The number of aliphatic carboxylic acids is 1. The minimum Gasteiger partial charge on any atom is -0.480 e. The average Bonchev–Trinajstić information content (AvgIpc) is 2.35. The number of carboxylic acids is 1. The molecule has 1 rings (SSSR count). The van der Waals surface area contributed by atoms with Crippen LogP contribution in [-0.4, -0.2) is 23.0 Å². The summed E-state index contributed by atoms with van der Waals surface area (Å²) in [5, 5.41) is 10.5. The van der Waals surface area contributed by atoms with Crippen LogP contribution in [0.3, 0.4) is 0 Å². The molecule has 0 unspecified atom stereocenters. The zero-order valence-electron chi connectivity index (χ0n) is 11.5. The smallest absolute Gasteiger partial charge is 0.416 e. The van der Waals surface area contributed by atoms with Crippen LogP contribution in [0, 0.1) is 0 Å². The maximum atomic E-state index is 12.6. The van der Waals surface area contributed by atoms with Crippen LogP contribution in [0.2, 0.25) is 0 Å². The van der Waals surface area contributed by atoms with E-state index in [4.69, 9.17) is 5.11 Å². The van der Waals surface area contributed by atoms with Crippen LogP contribution in [0.15, 0.2) is 18.2 Å². The molecule has 0 spiro atoms. The monoisotopic (exact) mass is 343 g/mol. The van der Waals surface area contributed by atoms with Crippen molar-refractivity contribution < 1.29 is 41.0 Å². The largest absolute Gasteiger partial charge is 0.480 e. The van der Waals surface area contributed by atoms with Gasteiger partial charge in [-0.15, -0.1) is 0 Å². The lowest BCUT2D eigenvalue weighted by Crippen LogP contribution is -2.39. The highest BCUT2D eigenvalue weighted by molar-refractivity contribution is 5.84. The normalized spacial score (nSPS) is 13.5. The molecule has 10 heteroatoms. The Morgan fingerprint density at radius 1 is 1.04 bits per heavy atom. The van der Waals surface area contributed by atoms with E-state index in [1.165, 1.54) is 0 Å². The predicted octanol–water partition coefficient (Wildman–Crippen LogP) is 2.86. The minimum atomic E-state index is -5.01. The lowest BCUT2D eigenvalue weighted by Gasteiger charge is -2.15. The zero-order chi connectivity index (χ0) is 18.0. The molecule has 0 aliphatic rings. The van der Waals surface area contributed by atoms with Gasteiger partial charge in [0.05, 0.1) is 17.5 Å². The summed E-state index contributed by atoms with van der Waals surface area (Å²) in [5.74, 6) is -2.40. The Balaban J connectivity index is 3.11. The SMILES string of the molecule is C[C@@H](NC(=O)Cc1cc(C(F)(F)F)cc(C(F)(F)F)c1)C(=O)O. The number of benzene rings is 1. The molecule has 0 saturated carbocycles. The molecule has 0 fully saturated rings. The molecule has 1 aromatic rings. The summed E-state index contributed by atoms with van der Waals surface area (Å²) in [4.78, 5) is 22.1. The molecule has 4 nitrogen and oxygen atoms in total. The summed E-state index contributed by atoms with van der Waals surface area (Å²) in [6, 6.07) is -0.544. The van der Waals surface area contributed by atoms with Crippen LogP contribution in [-0.2, 0) is 28.4 Å². The highest BCUT2D eigenvalue weighted by atomic mass is 19.4. The van der Waals surface area contributed by atoms with Crippen molar-refractivity contribution in [1.82, 2.24) is 5.32 Å². The maximum absolute atomic E-state index is 12.6. The summed E-state index contributed by atoms with van der Waals surface area (Å²) in [6.07, 6.45) is -10.8. The topological polar surface area (TPSA) is 66.4 Å². The highest BCUT2D eigenvalue weighted by Crippen LogP contribution is 2.36. The van der Waals surface area contributed by atoms with Crippen molar-refractivity contribution in [2.75, 3.05) is 0 Å². The average molecular weight is 343 g/mol. The first-order valence-electron chi connectivity index (χ1n) is 6.11. The van der Waals surface area contributed by atoms with Crippen LogP contribution in [0.4, 0.5) is 26.3 Å². The Labute approximate surface area is 126 Å². The van der Waals surface area contributed by atoms with Crippen LogP contribution >= 0.6 is 0 Å². The summed E-state index contributed by atoms with van der Waals surface area (Å²) >= 11 is 0. The number of halogens is 6. The van der Waals surface area contributed by atoms with Gasteiger partial charge in [-0.1, -0.05) is 0 Å². The second-order valence-corrected chi connectivity index (χ2v) is 4.72. The highest BCUT2D eigenvalue weighted by Gasteiger charge is 2.37. The van der Waals surface area contributed by atoms with Gasteiger partial charge in [-0.25, -0.2) is 0 Å². The van der Waals surface area contributed by atoms with E-state index in [-0.39, 0.29) is 6.07 Å². The molecule has 0 heterocycles. The van der Waals surface area contributed by atoms with Crippen molar-refractivity contribution in [2.24, 2.45) is 0 Å². The van der Waals surface area contributed by atoms with Gasteiger partial charge in [0.15, 0.2) is 0 Å². The van der Waals surface area contributed by atoms with Crippen LogP contribution in [0.5, 0.6) is 0 Å². The van der Waals surface area contributed by atoms with Crippen LogP contribution in [0.1, 0.15) is 23.6 Å². The van der Waals surface area contributed by atoms with Gasteiger partial charge in [-0.2, -0.15) is 26.3 Å². The second-order valence-electron chi connectivity index (χ2n) is 4.72. The zero-order valence-corrected chi connectivity index (χ0v) is 11.5.